The number of nitrogens with zero attached hydrogens (tertiary/aromatic N) is 3. The monoisotopic (exact) mass is 491 g/mol. The number of anilines is 1. The van der Waals surface area contributed by atoms with Gasteiger partial charge in [0.05, 0.1) is 23.7 Å². The van der Waals surface area contributed by atoms with E-state index in [0.29, 0.717) is 35.1 Å². The van der Waals surface area contributed by atoms with Gasteiger partial charge in [-0.15, -0.1) is 0 Å². The van der Waals surface area contributed by atoms with Crippen molar-refractivity contribution >= 4 is 17.5 Å². The topological polar surface area (TPSA) is 100 Å². The lowest BCUT2D eigenvalue weighted by molar-refractivity contribution is -0.117. The highest BCUT2D eigenvalue weighted by Crippen LogP contribution is 2.28. The van der Waals surface area contributed by atoms with Crippen molar-refractivity contribution in [1.29, 1.82) is 0 Å². The summed E-state index contributed by atoms with van der Waals surface area (Å²) in [7, 11) is 0. The Morgan fingerprint density at radius 3 is 2.72 bits per heavy atom. The van der Waals surface area contributed by atoms with Gasteiger partial charge in [-0.1, -0.05) is 42.3 Å². The summed E-state index contributed by atoms with van der Waals surface area (Å²) in [5.74, 6) is 0.154. The molecule has 2 aromatic carbocycles. The van der Waals surface area contributed by atoms with E-state index in [2.05, 4.69) is 25.7 Å². The van der Waals surface area contributed by atoms with Crippen molar-refractivity contribution < 1.29 is 18.5 Å². The van der Waals surface area contributed by atoms with Gasteiger partial charge in [0.25, 0.3) is 5.91 Å². The van der Waals surface area contributed by atoms with Gasteiger partial charge in [0, 0.05) is 18.2 Å². The predicted molar refractivity (Wildman–Crippen MR) is 133 cm³/mol. The molecule has 1 saturated heterocycles. The van der Waals surface area contributed by atoms with Crippen LogP contribution in [0.5, 0.6) is 0 Å². The molecule has 1 aromatic heterocycles. The predicted octanol–water partition coefficient (Wildman–Crippen LogP) is 4.37. The van der Waals surface area contributed by atoms with Gasteiger partial charge in [-0.05, 0) is 56.5 Å². The molecule has 9 heteroatoms. The Morgan fingerprint density at radius 2 is 1.89 bits per heavy atom. The number of amides is 2. The van der Waals surface area contributed by atoms with Crippen molar-refractivity contribution in [2.24, 2.45) is 0 Å². The Bertz CT molecular complexity index is 1220. The van der Waals surface area contributed by atoms with E-state index in [-0.39, 0.29) is 36.1 Å². The molecule has 1 aliphatic heterocycles. The fourth-order valence-electron chi connectivity index (χ4n) is 5.06. The minimum Gasteiger partial charge on any atom is -0.349 e. The normalized spacial score (nSPS) is 18.8. The summed E-state index contributed by atoms with van der Waals surface area (Å²) in [5, 5.41) is 10.0. The summed E-state index contributed by atoms with van der Waals surface area (Å²) in [6.07, 6.45) is 6.02. The summed E-state index contributed by atoms with van der Waals surface area (Å²) in [5.41, 5.74) is 1.56. The lowest BCUT2D eigenvalue weighted by Crippen LogP contribution is -2.40. The molecule has 36 heavy (non-hydrogen) atoms. The largest absolute Gasteiger partial charge is 0.349 e. The second-order valence-electron chi connectivity index (χ2n) is 9.59. The molecule has 2 N–H and O–H groups in total. The molecular weight excluding hydrogens is 461 g/mol. The fraction of sp³-hybridized carbons (Fsp3) is 0.407. The fourth-order valence-corrected chi connectivity index (χ4v) is 5.06. The Hall–Kier alpha value is -3.59. The van der Waals surface area contributed by atoms with Gasteiger partial charge in [0.15, 0.2) is 0 Å². The smallest absolute Gasteiger partial charge is 0.253 e. The Labute approximate surface area is 209 Å². The van der Waals surface area contributed by atoms with Crippen molar-refractivity contribution in [2.45, 2.75) is 50.5 Å². The maximum atomic E-state index is 13.6. The summed E-state index contributed by atoms with van der Waals surface area (Å²) < 4.78 is 19.0. The van der Waals surface area contributed by atoms with Gasteiger partial charge < -0.3 is 15.2 Å². The number of halogens is 1. The van der Waals surface area contributed by atoms with Crippen molar-refractivity contribution in [2.75, 3.05) is 25.0 Å². The molecule has 2 heterocycles. The number of nitrogens with one attached hydrogen (secondary N) is 2. The molecule has 1 aliphatic carbocycles. The SMILES string of the molecule is O=C(CN1CCCC(c2nc(-c3cccc(F)c3)no2)C1)Nc1ccccc1C(=O)NC1CCCC1. The number of carbonyl (C=O) groups excluding carboxylic acids is 2. The number of benzene rings is 2. The van der Waals surface area contributed by atoms with Crippen LogP contribution in [0, 0.1) is 5.82 Å². The molecule has 1 atom stereocenters. The number of hydrogen-bond acceptors (Lipinski definition) is 6. The van der Waals surface area contributed by atoms with Crippen molar-refractivity contribution in [1.82, 2.24) is 20.4 Å². The van der Waals surface area contributed by atoms with Crippen LogP contribution in [0.1, 0.15) is 60.7 Å². The molecule has 2 amide bonds. The average Bonchev–Trinajstić information content (AvgIpc) is 3.57. The molecule has 0 bridgehead atoms. The lowest BCUT2D eigenvalue weighted by Gasteiger charge is -2.30. The van der Waals surface area contributed by atoms with E-state index in [0.717, 1.165) is 45.1 Å². The first kappa shape index (κ1) is 24.1. The molecule has 5 rings (SSSR count). The number of para-hydroxylation sites is 1. The molecule has 0 spiro atoms. The second-order valence-corrected chi connectivity index (χ2v) is 9.59. The first-order valence-corrected chi connectivity index (χ1v) is 12.6. The molecule has 188 valence electrons. The molecule has 3 aromatic rings. The van der Waals surface area contributed by atoms with Crippen LogP contribution in [-0.4, -0.2) is 52.5 Å². The first-order chi connectivity index (χ1) is 17.5. The Kier molecular flexibility index (Phi) is 7.36. The summed E-state index contributed by atoms with van der Waals surface area (Å²) in [6.45, 7) is 1.57. The van der Waals surface area contributed by atoms with E-state index in [1.54, 1.807) is 30.3 Å². The zero-order valence-electron chi connectivity index (χ0n) is 20.1. The second kappa shape index (κ2) is 11.0. The summed E-state index contributed by atoms with van der Waals surface area (Å²) >= 11 is 0. The maximum Gasteiger partial charge on any atom is 0.253 e. The van der Waals surface area contributed by atoms with Crippen LogP contribution >= 0.6 is 0 Å². The van der Waals surface area contributed by atoms with E-state index in [1.165, 1.54) is 12.1 Å². The lowest BCUT2D eigenvalue weighted by atomic mass is 9.98. The van der Waals surface area contributed by atoms with E-state index >= 15 is 0 Å². The molecule has 8 nitrogen and oxygen atoms in total. The van der Waals surface area contributed by atoms with Gasteiger partial charge in [0.2, 0.25) is 17.6 Å². The molecule has 0 radical (unpaired) electrons. The highest BCUT2D eigenvalue weighted by atomic mass is 19.1. The standard InChI is InChI=1S/C27H30FN5O3/c28-20-9-5-7-18(15-20)25-31-27(36-32-25)19-8-6-14-33(16-19)17-24(34)30-23-13-4-3-12-22(23)26(35)29-21-10-1-2-11-21/h3-5,7,9,12-13,15,19,21H,1-2,6,8,10-11,14,16-17H2,(H,29,35)(H,30,34). The number of piperidine rings is 1. The molecule has 1 saturated carbocycles. The third-order valence-electron chi connectivity index (χ3n) is 6.88. The van der Waals surface area contributed by atoms with E-state index in [9.17, 15) is 14.0 Å². The number of aromatic nitrogens is 2. The van der Waals surface area contributed by atoms with Crippen LogP contribution in [0.15, 0.2) is 53.1 Å². The number of hydrogen-bond donors (Lipinski definition) is 2. The minimum atomic E-state index is -0.355. The highest BCUT2D eigenvalue weighted by Gasteiger charge is 2.28. The summed E-state index contributed by atoms with van der Waals surface area (Å²) in [6, 6.07) is 13.4. The Morgan fingerprint density at radius 1 is 1.06 bits per heavy atom. The van der Waals surface area contributed by atoms with Crippen molar-refractivity contribution in [3.8, 4) is 11.4 Å². The molecular formula is C27H30FN5O3. The van der Waals surface area contributed by atoms with Crippen LogP contribution < -0.4 is 10.6 Å². The van der Waals surface area contributed by atoms with Crippen molar-refractivity contribution in [3.63, 3.8) is 0 Å². The van der Waals surface area contributed by atoms with Crippen LogP contribution in [0.3, 0.4) is 0 Å². The van der Waals surface area contributed by atoms with Crippen molar-refractivity contribution in [3.05, 3.63) is 65.8 Å². The maximum absolute atomic E-state index is 13.6. The van der Waals surface area contributed by atoms with Crippen LogP contribution in [0.4, 0.5) is 10.1 Å². The number of likely N-dealkylation sites (tertiary alicyclic amines) is 1. The molecule has 2 fully saturated rings. The third-order valence-corrected chi connectivity index (χ3v) is 6.88. The van der Waals surface area contributed by atoms with E-state index < -0.39 is 0 Å². The van der Waals surface area contributed by atoms with Crippen LogP contribution in [-0.2, 0) is 4.79 Å². The number of carbonyl (C=O) groups is 2. The average molecular weight is 492 g/mol. The highest BCUT2D eigenvalue weighted by molar-refractivity contribution is 6.04. The molecule has 2 aliphatic rings. The Balaban J connectivity index is 1.19. The zero-order chi connectivity index (χ0) is 24.9. The van der Waals surface area contributed by atoms with Gasteiger partial charge in [-0.25, -0.2) is 4.39 Å². The molecule has 1 unspecified atom stereocenters. The third kappa shape index (κ3) is 5.79. The summed E-state index contributed by atoms with van der Waals surface area (Å²) in [4.78, 5) is 32.2. The quantitative estimate of drug-likeness (QED) is 0.509. The minimum absolute atomic E-state index is 0.00849. The van der Waals surface area contributed by atoms with Gasteiger partial charge in [-0.3, -0.25) is 14.5 Å². The van der Waals surface area contributed by atoms with Gasteiger partial charge in [0.1, 0.15) is 5.82 Å². The van der Waals surface area contributed by atoms with Gasteiger partial charge >= 0.3 is 0 Å². The van der Waals surface area contributed by atoms with E-state index in [4.69, 9.17) is 4.52 Å². The first-order valence-electron chi connectivity index (χ1n) is 12.6. The van der Waals surface area contributed by atoms with Crippen LogP contribution in [0.25, 0.3) is 11.4 Å². The zero-order valence-corrected chi connectivity index (χ0v) is 20.1. The van der Waals surface area contributed by atoms with Crippen LogP contribution in [0.2, 0.25) is 0 Å². The number of rotatable bonds is 7. The van der Waals surface area contributed by atoms with E-state index in [1.807, 2.05) is 6.07 Å². The van der Waals surface area contributed by atoms with Gasteiger partial charge in [-0.2, -0.15) is 4.98 Å².